The monoisotopic (exact) mass is 672 g/mol. The van der Waals surface area contributed by atoms with Gasteiger partial charge >= 0.3 is 0 Å². The van der Waals surface area contributed by atoms with Gasteiger partial charge in [-0.2, -0.15) is 0 Å². The molecular weight excluding hydrogens is 641 g/mol. The van der Waals surface area contributed by atoms with Crippen LogP contribution >= 0.6 is 0 Å². The molecule has 11 aromatic rings. The number of imidazole rings is 1. The Morgan fingerprint density at radius 1 is 0.358 bits per heavy atom. The molecule has 0 saturated heterocycles. The lowest BCUT2D eigenvalue weighted by Gasteiger charge is -2.20. The Balaban J connectivity index is 1.15. The maximum Gasteiger partial charge on any atom is 0.145 e. The van der Waals surface area contributed by atoms with Crippen molar-refractivity contribution in [3.05, 3.63) is 194 Å². The standard InChI is InChI=1S/C51H32N2/c1-2-15-35(16-3-1)51-52-46-24-12-13-25-47(46)53(51)37-30-28-34(29-31-37)48-41-20-8-10-22-43(41)50(44-23-11-9-21-42(44)48)45-32-36-27-26-33-14-4-5-17-38(33)49(36)40-19-7-6-18-39(40)45/h1-32H. The molecule has 2 nitrogen and oxygen atoms in total. The Bertz CT molecular complexity index is 3150. The Kier molecular flexibility index (Phi) is 6.59. The Labute approximate surface area is 306 Å². The van der Waals surface area contributed by atoms with Crippen molar-refractivity contribution in [3.63, 3.8) is 0 Å². The summed E-state index contributed by atoms with van der Waals surface area (Å²) in [6.07, 6.45) is 0. The van der Waals surface area contributed by atoms with Crippen molar-refractivity contribution in [1.29, 1.82) is 0 Å². The molecule has 0 bridgehead atoms. The van der Waals surface area contributed by atoms with E-state index in [0.717, 1.165) is 28.1 Å². The van der Waals surface area contributed by atoms with Crippen molar-refractivity contribution in [2.24, 2.45) is 0 Å². The first kappa shape index (κ1) is 29.7. The molecule has 1 aromatic heterocycles. The molecule has 10 aromatic carbocycles. The molecule has 2 heteroatoms. The van der Waals surface area contributed by atoms with Crippen molar-refractivity contribution in [2.45, 2.75) is 0 Å². The van der Waals surface area contributed by atoms with Crippen LogP contribution in [-0.4, -0.2) is 9.55 Å². The van der Waals surface area contributed by atoms with E-state index in [4.69, 9.17) is 4.98 Å². The minimum atomic E-state index is 0.940. The molecule has 0 aliphatic carbocycles. The predicted molar refractivity (Wildman–Crippen MR) is 225 cm³/mol. The Hall–Kier alpha value is -7.03. The van der Waals surface area contributed by atoms with Gasteiger partial charge in [0.25, 0.3) is 0 Å². The zero-order chi connectivity index (χ0) is 34.9. The summed E-state index contributed by atoms with van der Waals surface area (Å²) in [7, 11) is 0. The molecule has 53 heavy (non-hydrogen) atoms. The summed E-state index contributed by atoms with van der Waals surface area (Å²) in [5.74, 6) is 0.940. The summed E-state index contributed by atoms with van der Waals surface area (Å²) in [6.45, 7) is 0. The Morgan fingerprint density at radius 3 is 1.62 bits per heavy atom. The third-order valence-corrected chi connectivity index (χ3v) is 11.0. The highest BCUT2D eigenvalue weighted by Gasteiger charge is 2.20. The molecule has 0 aliphatic heterocycles. The number of fused-ring (bicyclic) bond motifs is 8. The third-order valence-electron chi connectivity index (χ3n) is 11.0. The molecule has 0 aliphatic rings. The number of nitrogens with zero attached hydrogens (tertiary/aromatic N) is 2. The van der Waals surface area contributed by atoms with Gasteiger partial charge in [-0.3, -0.25) is 4.57 Å². The number of aromatic nitrogens is 2. The number of hydrogen-bond acceptors (Lipinski definition) is 1. The first-order valence-electron chi connectivity index (χ1n) is 18.2. The van der Waals surface area contributed by atoms with Crippen molar-refractivity contribution in [2.75, 3.05) is 0 Å². The van der Waals surface area contributed by atoms with Gasteiger partial charge in [-0.1, -0.05) is 164 Å². The van der Waals surface area contributed by atoms with Crippen LogP contribution in [0.25, 0.3) is 104 Å². The number of rotatable bonds is 4. The minimum Gasteiger partial charge on any atom is -0.292 e. The fraction of sp³-hybridized carbons (Fsp3) is 0. The normalized spacial score (nSPS) is 11.8. The fourth-order valence-corrected chi connectivity index (χ4v) is 8.66. The van der Waals surface area contributed by atoms with Crippen LogP contribution in [0.3, 0.4) is 0 Å². The molecule has 0 atom stereocenters. The van der Waals surface area contributed by atoms with Crippen molar-refractivity contribution >= 4 is 64.9 Å². The van der Waals surface area contributed by atoms with Crippen LogP contribution in [-0.2, 0) is 0 Å². The average Bonchev–Trinajstić information content (AvgIpc) is 3.62. The molecule has 0 N–H and O–H groups in total. The summed E-state index contributed by atoms with van der Waals surface area (Å²) < 4.78 is 2.28. The maximum absolute atomic E-state index is 5.08. The van der Waals surface area contributed by atoms with Crippen LogP contribution in [0.2, 0.25) is 0 Å². The van der Waals surface area contributed by atoms with Gasteiger partial charge in [-0.25, -0.2) is 4.98 Å². The van der Waals surface area contributed by atoms with Crippen molar-refractivity contribution in [1.82, 2.24) is 9.55 Å². The van der Waals surface area contributed by atoms with Gasteiger partial charge in [-0.15, -0.1) is 0 Å². The van der Waals surface area contributed by atoms with Gasteiger partial charge < -0.3 is 0 Å². The first-order chi connectivity index (χ1) is 26.3. The zero-order valence-electron chi connectivity index (χ0n) is 28.9. The van der Waals surface area contributed by atoms with E-state index >= 15 is 0 Å². The van der Waals surface area contributed by atoms with E-state index in [9.17, 15) is 0 Å². The van der Waals surface area contributed by atoms with E-state index in [1.165, 1.54) is 76.1 Å². The molecule has 0 amide bonds. The van der Waals surface area contributed by atoms with E-state index in [0.29, 0.717) is 0 Å². The summed E-state index contributed by atoms with van der Waals surface area (Å²) in [5.41, 5.74) is 9.23. The molecule has 0 spiro atoms. The van der Waals surface area contributed by atoms with Gasteiger partial charge in [-0.05, 0) is 106 Å². The second-order valence-electron chi connectivity index (χ2n) is 13.9. The van der Waals surface area contributed by atoms with Gasteiger partial charge in [0, 0.05) is 11.3 Å². The third kappa shape index (κ3) is 4.56. The van der Waals surface area contributed by atoms with Crippen LogP contribution < -0.4 is 0 Å². The molecule has 1 heterocycles. The van der Waals surface area contributed by atoms with Crippen LogP contribution in [0.4, 0.5) is 0 Å². The summed E-state index contributed by atoms with van der Waals surface area (Å²) in [5, 5.41) is 12.7. The molecular formula is C51H32N2. The quantitative estimate of drug-likeness (QED) is 0.134. The van der Waals surface area contributed by atoms with Crippen LogP contribution in [0.5, 0.6) is 0 Å². The van der Waals surface area contributed by atoms with Gasteiger partial charge in [0.05, 0.1) is 11.0 Å². The van der Waals surface area contributed by atoms with Crippen LogP contribution in [0.15, 0.2) is 194 Å². The number of benzene rings is 10. The lowest BCUT2D eigenvalue weighted by Crippen LogP contribution is -1.98. The summed E-state index contributed by atoms with van der Waals surface area (Å²) in [6, 6.07) is 70.5. The van der Waals surface area contributed by atoms with E-state index in [1.54, 1.807) is 0 Å². The van der Waals surface area contributed by atoms with Gasteiger partial charge in [0.1, 0.15) is 5.82 Å². The van der Waals surface area contributed by atoms with E-state index in [1.807, 2.05) is 0 Å². The highest BCUT2D eigenvalue weighted by molar-refractivity contribution is 6.28. The summed E-state index contributed by atoms with van der Waals surface area (Å²) in [4.78, 5) is 5.08. The molecule has 0 saturated carbocycles. The highest BCUT2D eigenvalue weighted by Crippen LogP contribution is 2.47. The van der Waals surface area contributed by atoms with E-state index in [-0.39, 0.29) is 0 Å². The Morgan fingerprint density at radius 2 is 0.906 bits per heavy atom. The lowest BCUT2D eigenvalue weighted by atomic mass is 9.83. The van der Waals surface area contributed by atoms with Crippen molar-refractivity contribution < 1.29 is 0 Å². The lowest BCUT2D eigenvalue weighted by molar-refractivity contribution is 1.10. The fourth-order valence-electron chi connectivity index (χ4n) is 8.66. The molecule has 0 fully saturated rings. The first-order valence-corrected chi connectivity index (χ1v) is 18.2. The number of para-hydroxylation sites is 2. The molecule has 0 unspecified atom stereocenters. The minimum absolute atomic E-state index is 0.940. The summed E-state index contributed by atoms with van der Waals surface area (Å²) >= 11 is 0. The predicted octanol–water partition coefficient (Wildman–Crippen LogP) is 13.8. The van der Waals surface area contributed by atoms with Crippen LogP contribution in [0, 0.1) is 0 Å². The van der Waals surface area contributed by atoms with Crippen molar-refractivity contribution in [3.8, 4) is 39.3 Å². The SMILES string of the molecule is c1ccc(-c2nc3ccccc3n2-c2ccc(-c3c4ccccc4c(-c4cc5ccc6ccccc6c5c5ccccc45)c4ccccc34)cc2)cc1. The topological polar surface area (TPSA) is 17.8 Å². The molecule has 246 valence electrons. The largest absolute Gasteiger partial charge is 0.292 e. The molecule has 11 rings (SSSR count). The highest BCUT2D eigenvalue weighted by atomic mass is 15.1. The second kappa shape index (κ2) is 11.8. The second-order valence-corrected chi connectivity index (χ2v) is 13.9. The zero-order valence-corrected chi connectivity index (χ0v) is 28.9. The number of hydrogen-bond donors (Lipinski definition) is 0. The average molecular weight is 673 g/mol. The smallest absolute Gasteiger partial charge is 0.145 e. The maximum atomic E-state index is 5.08. The van der Waals surface area contributed by atoms with E-state index in [2.05, 4.69) is 199 Å². The molecule has 0 radical (unpaired) electrons. The van der Waals surface area contributed by atoms with E-state index < -0.39 is 0 Å². The van der Waals surface area contributed by atoms with Gasteiger partial charge in [0.2, 0.25) is 0 Å². The van der Waals surface area contributed by atoms with Crippen LogP contribution in [0.1, 0.15) is 0 Å². The van der Waals surface area contributed by atoms with Gasteiger partial charge in [0.15, 0.2) is 0 Å².